The van der Waals surface area contributed by atoms with Crippen molar-refractivity contribution in [1.29, 1.82) is 0 Å². The standard InChI is InChI=1S/C19H16N4O2/c1-11-14(9-20-22-11)13-7-8-15-17-18(13)25-10-16(23(17)19(24)21-15)12-5-3-2-4-6-12/h2-9,16H,10H2,1H3,(H,20,22)(H,21,24). The number of aromatic amines is 2. The highest BCUT2D eigenvalue weighted by Crippen LogP contribution is 2.41. The van der Waals surface area contributed by atoms with Crippen LogP contribution in [0, 0.1) is 6.92 Å². The van der Waals surface area contributed by atoms with Crippen LogP contribution in [-0.2, 0) is 0 Å². The molecule has 0 amide bonds. The van der Waals surface area contributed by atoms with Gasteiger partial charge in [0.25, 0.3) is 0 Å². The van der Waals surface area contributed by atoms with Crippen molar-refractivity contribution < 1.29 is 4.74 Å². The number of nitrogens with one attached hydrogen (secondary N) is 2. The highest BCUT2D eigenvalue weighted by molar-refractivity contribution is 5.92. The van der Waals surface area contributed by atoms with E-state index in [2.05, 4.69) is 15.2 Å². The van der Waals surface area contributed by atoms with Gasteiger partial charge in [-0.1, -0.05) is 30.3 Å². The molecular formula is C19H16N4O2. The predicted octanol–water partition coefficient (Wildman–Crippen LogP) is 3.01. The number of hydrogen-bond donors (Lipinski definition) is 2. The quantitative estimate of drug-likeness (QED) is 0.592. The second kappa shape index (κ2) is 5.11. The second-order valence-corrected chi connectivity index (χ2v) is 6.26. The molecule has 124 valence electrons. The summed E-state index contributed by atoms with van der Waals surface area (Å²) in [5, 5.41) is 7.09. The average Bonchev–Trinajstić information content (AvgIpc) is 3.21. The number of benzene rings is 2. The minimum Gasteiger partial charge on any atom is -0.488 e. The molecule has 1 aliphatic rings. The highest BCUT2D eigenvalue weighted by Gasteiger charge is 2.29. The molecule has 3 heterocycles. The van der Waals surface area contributed by atoms with Crippen molar-refractivity contribution in [3.05, 3.63) is 70.4 Å². The molecule has 0 saturated carbocycles. The van der Waals surface area contributed by atoms with Gasteiger partial charge in [-0.2, -0.15) is 5.10 Å². The molecule has 2 aromatic carbocycles. The molecule has 0 aliphatic carbocycles. The lowest BCUT2D eigenvalue weighted by Crippen LogP contribution is -2.30. The first kappa shape index (κ1) is 14.1. The maximum absolute atomic E-state index is 12.6. The van der Waals surface area contributed by atoms with Crippen molar-refractivity contribution in [1.82, 2.24) is 19.7 Å². The predicted molar refractivity (Wildman–Crippen MR) is 95.0 cm³/mol. The van der Waals surface area contributed by atoms with Gasteiger partial charge < -0.3 is 9.72 Å². The van der Waals surface area contributed by atoms with Crippen LogP contribution < -0.4 is 10.4 Å². The Labute approximate surface area is 143 Å². The van der Waals surface area contributed by atoms with Crippen molar-refractivity contribution in [3.8, 4) is 16.9 Å². The van der Waals surface area contributed by atoms with Crippen LogP contribution in [0.3, 0.4) is 0 Å². The molecule has 0 radical (unpaired) electrons. The number of ether oxygens (including phenoxy) is 1. The maximum atomic E-state index is 12.6. The van der Waals surface area contributed by atoms with E-state index in [1.807, 2.05) is 60.2 Å². The van der Waals surface area contributed by atoms with E-state index in [1.165, 1.54) is 0 Å². The fourth-order valence-electron chi connectivity index (χ4n) is 3.63. The smallest absolute Gasteiger partial charge is 0.327 e. The van der Waals surface area contributed by atoms with E-state index in [4.69, 9.17) is 4.74 Å². The fraction of sp³-hybridized carbons (Fsp3) is 0.158. The third kappa shape index (κ3) is 1.97. The van der Waals surface area contributed by atoms with E-state index in [0.29, 0.717) is 6.61 Å². The summed E-state index contributed by atoms with van der Waals surface area (Å²) >= 11 is 0. The van der Waals surface area contributed by atoms with Crippen LogP contribution in [0.2, 0.25) is 0 Å². The zero-order valence-electron chi connectivity index (χ0n) is 13.6. The maximum Gasteiger partial charge on any atom is 0.327 e. The van der Waals surface area contributed by atoms with Gasteiger partial charge in [-0.3, -0.25) is 9.67 Å². The molecule has 2 N–H and O–H groups in total. The molecule has 6 nitrogen and oxygen atoms in total. The molecule has 0 bridgehead atoms. The van der Waals surface area contributed by atoms with E-state index >= 15 is 0 Å². The Morgan fingerprint density at radius 1 is 1.16 bits per heavy atom. The van der Waals surface area contributed by atoms with E-state index in [1.54, 1.807) is 0 Å². The molecule has 25 heavy (non-hydrogen) atoms. The Morgan fingerprint density at radius 3 is 2.76 bits per heavy atom. The van der Waals surface area contributed by atoms with Crippen molar-refractivity contribution in [2.75, 3.05) is 6.61 Å². The number of imidazole rings is 1. The first-order chi connectivity index (χ1) is 12.2. The normalized spacial score (nSPS) is 16.1. The molecule has 2 aromatic heterocycles. The largest absolute Gasteiger partial charge is 0.488 e. The Balaban J connectivity index is 1.80. The lowest BCUT2D eigenvalue weighted by Gasteiger charge is -2.26. The number of hydrogen-bond acceptors (Lipinski definition) is 3. The SMILES string of the molecule is Cc1n[nH]cc1-c1ccc2[nH]c(=O)n3c2c1OCC3c1ccccc1. The van der Waals surface area contributed by atoms with Gasteiger partial charge in [-0.25, -0.2) is 4.79 Å². The number of aromatic nitrogens is 4. The number of H-pyrrole nitrogens is 2. The summed E-state index contributed by atoms with van der Waals surface area (Å²) in [4.78, 5) is 15.6. The zero-order chi connectivity index (χ0) is 17.0. The summed E-state index contributed by atoms with van der Waals surface area (Å²) in [6.07, 6.45) is 1.86. The Hall–Kier alpha value is -3.28. The number of aryl methyl sites for hydroxylation is 1. The topological polar surface area (TPSA) is 75.7 Å². The first-order valence-electron chi connectivity index (χ1n) is 8.20. The fourth-order valence-corrected chi connectivity index (χ4v) is 3.63. The summed E-state index contributed by atoms with van der Waals surface area (Å²) < 4.78 is 7.97. The summed E-state index contributed by atoms with van der Waals surface area (Å²) in [7, 11) is 0. The van der Waals surface area contributed by atoms with Crippen LogP contribution in [0.25, 0.3) is 22.2 Å². The van der Waals surface area contributed by atoms with Gasteiger partial charge in [0.1, 0.15) is 12.1 Å². The van der Waals surface area contributed by atoms with Crippen LogP contribution in [0.4, 0.5) is 0 Å². The average molecular weight is 332 g/mol. The number of rotatable bonds is 2. The molecule has 0 spiro atoms. The van der Waals surface area contributed by atoms with Crippen molar-refractivity contribution >= 4 is 11.0 Å². The summed E-state index contributed by atoms with van der Waals surface area (Å²) in [5.74, 6) is 0.729. The van der Waals surface area contributed by atoms with Crippen LogP contribution in [0.5, 0.6) is 5.75 Å². The third-order valence-corrected chi connectivity index (χ3v) is 4.84. The van der Waals surface area contributed by atoms with Crippen LogP contribution >= 0.6 is 0 Å². The number of nitrogens with zero attached hydrogens (tertiary/aromatic N) is 2. The van der Waals surface area contributed by atoms with Crippen LogP contribution in [0.15, 0.2) is 53.5 Å². The second-order valence-electron chi connectivity index (χ2n) is 6.26. The highest BCUT2D eigenvalue weighted by atomic mass is 16.5. The van der Waals surface area contributed by atoms with Gasteiger partial charge in [0.15, 0.2) is 5.75 Å². The summed E-state index contributed by atoms with van der Waals surface area (Å²) in [6, 6.07) is 13.7. The summed E-state index contributed by atoms with van der Waals surface area (Å²) in [6.45, 7) is 2.36. The van der Waals surface area contributed by atoms with Crippen LogP contribution in [-0.4, -0.2) is 26.4 Å². The molecule has 0 fully saturated rings. The zero-order valence-corrected chi connectivity index (χ0v) is 13.6. The van der Waals surface area contributed by atoms with Gasteiger partial charge >= 0.3 is 5.69 Å². The lowest BCUT2D eigenvalue weighted by molar-refractivity contribution is 0.257. The Morgan fingerprint density at radius 2 is 2.00 bits per heavy atom. The molecule has 6 heteroatoms. The lowest BCUT2D eigenvalue weighted by atomic mass is 10.0. The van der Waals surface area contributed by atoms with E-state index in [0.717, 1.165) is 39.2 Å². The molecule has 4 aromatic rings. The molecule has 5 rings (SSSR count). The third-order valence-electron chi connectivity index (χ3n) is 4.84. The Kier molecular flexibility index (Phi) is 2.88. The molecular weight excluding hydrogens is 316 g/mol. The molecule has 1 unspecified atom stereocenters. The van der Waals surface area contributed by atoms with Gasteiger partial charge in [0, 0.05) is 17.3 Å². The van der Waals surface area contributed by atoms with E-state index in [9.17, 15) is 4.79 Å². The van der Waals surface area contributed by atoms with Gasteiger partial charge in [-0.05, 0) is 24.6 Å². The minimum absolute atomic E-state index is 0.116. The van der Waals surface area contributed by atoms with E-state index < -0.39 is 0 Å². The molecule has 0 saturated heterocycles. The van der Waals surface area contributed by atoms with Gasteiger partial charge in [0.2, 0.25) is 0 Å². The molecule has 1 aliphatic heterocycles. The van der Waals surface area contributed by atoms with Crippen LogP contribution in [0.1, 0.15) is 17.3 Å². The Bertz CT molecular complexity index is 1140. The first-order valence-corrected chi connectivity index (χ1v) is 8.20. The van der Waals surface area contributed by atoms with Gasteiger partial charge in [-0.15, -0.1) is 0 Å². The monoisotopic (exact) mass is 332 g/mol. The minimum atomic E-state index is -0.143. The molecule has 1 atom stereocenters. The summed E-state index contributed by atoms with van der Waals surface area (Å²) in [5.41, 5.74) is 5.35. The van der Waals surface area contributed by atoms with Crippen molar-refractivity contribution in [2.45, 2.75) is 13.0 Å². The van der Waals surface area contributed by atoms with Gasteiger partial charge in [0.05, 0.1) is 17.3 Å². The van der Waals surface area contributed by atoms with Crippen molar-refractivity contribution in [2.24, 2.45) is 0 Å². The van der Waals surface area contributed by atoms with Crippen molar-refractivity contribution in [3.63, 3.8) is 0 Å². The van der Waals surface area contributed by atoms with E-state index in [-0.39, 0.29) is 11.7 Å².